The number of halogens is 1. The minimum atomic E-state index is -0.0807. The lowest BCUT2D eigenvalue weighted by Crippen LogP contribution is -2.39. The predicted molar refractivity (Wildman–Crippen MR) is 71.0 cm³/mol. The molecule has 0 aromatic rings. The van der Waals surface area contributed by atoms with Gasteiger partial charge >= 0.3 is 0 Å². The van der Waals surface area contributed by atoms with Crippen molar-refractivity contribution in [1.29, 1.82) is 0 Å². The average Bonchev–Trinajstić information content (AvgIpc) is 2.16. The normalized spacial score (nSPS) is 11.6. The Balaban J connectivity index is 0. The lowest BCUT2D eigenvalue weighted by Gasteiger charge is -2.11. The second-order valence-electron chi connectivity index (χ2n) is 4.40. The van der Waals surface area contributed by atoms with Crippen molar-refractivity contribution < 1.29 is 9.59 Å². The lowest BCUT2D eigenvalue weighted by atomic mass is 10.1. The van der Waals surface area contributed by atoms with Crippen LogP contribution in [0.15, 0.2) is 0 Å². The largest absolute Gasteiger partial charge is 0.356 e. The van der Waals surface area contributed by atoms with Crippen molar-refractivity contribution in [2.45, 2.75) is 39.7 Å². The summed E-state index contributed by atoms with van der Waals surface area (Å²) in [6.45, 7) is 6.61. The molecule has 6 heteroatoms. The lowest BCUT2D eigenvalue weighted by molar-refractivity contribution is -0.122. The summed E-state index contributed by atoms with van der Waals surface area (Å²) in [6, 6.07) is -0.0149. The fraction of sp³-hybridized carbons (Fsp3) is 0.818. The molecule has 0 heterocycles. The van der Waals surface area contributed by atoms with E-state index in [1.165, 1.54) is 0 Å². The highest BCUT2D eigenvalue weighted by atomic mass is 35.5. The Kier molecular flexibility index (Phi) is 11.3. The second-order valence-corrected chi connectivity index (χ2v) is 4.40. The molecule has 0 saturated carbocycles. The van der Waals surface area contributed by atoms with E-state index in [2.05, 4.69) is 10.6 Å². The zero-order chi connectivity index (χ0) is 12.6. The van der Waals surface area contributed by atoms with Gasteiger partial charge in [-0.1, -0.05) is 13.8 Å². The summed E-state index contributed by atoms with van der Waals surface area (Å²) in [7, 11) is 0. The van der Waals surface area contributed by atoms with E-state index < -0.39 is 0 Å². The van der Waals surface area contributed by atoms with Crippen molar-refractivity contribution in [1.82, 2.24) is 10.6 Å². The molecule has 0 rings (SSSR count). The molecule has 0 saturated heterocycles. The molecule has 4 N–H and O–H groups in total. The van der Waals surface area contributed by atoms with Gasteiger partial charge in [-0.05, 0) is 12.8 Å². The van der Waals surface area contributed by atoms with Gasteiger partial charge < -0.3 is 16.4 Å². The molecule has 0 aromatic carbocycles. The van der Waals surface area contributed by atoms with Crippen molar-refractivity contribution in [3.63, 3.8) is 0 Å². The van der Waals surface area contributed by atoms with E-state index in [0.717, 1.165) is 0 Å². The highest BCUT2D eigenvalue weighted by molar-refractivity contribution is 5.85. The second kappa shape index (κ2) is 10.4. The first-order valence-corrected chi connectivity index (χ1v) is 5.71. The van der Waals surface area contributed by atoms with Crippen LogP contribution in [0.25, 0.3) is 0 Å². The Morgan fingerprint density at radius 2 is 1.76 bits per heavy atom. The molecule has 1 atom stereocenters. The standard InChI is InChI=1S/C11H23N3O2.ClH/c1-8(2)6-11(16)13-5-4-10(15)14-9(3)7-12;/h8-9H,4-7,12H2,1-3H3,(H,13,16)(H,14,15);1H/t9-;/m0./s1. The number of amides is 2. The molecule has 0 spiro atoms. The van der Waals surface area contributed by atoms with E-state index in [1.807, 2.05) is 20.8 Å². The highest BCUT2D eigenvalue weighted by Gasteiger charge is 2.07. The molecule has 2 amide bonds. The molecular weight excluding hydrogens is 242 g/mol. The summed E-state index contributed by atoms with van der Waals surface area (Å²) in [4.78, 5) is 22.5. The van der Waals surface area contributed by atoms with Crippen LogP contribution >= 0.6 is 12.4 Å². The Hall–Kier alpha value is -0.810. The number of nitrogens with two attached hydrogens (primary N) is 1. The summed E-state index contributed by atoms with van der Waals surface area (Å²) in [5.41, 5.74) is 5.37. The smallest absolute Gasteiger partial charge is 0.222 e. The third-order valence-electron chi connectivity index (χ3n) is 2.03. The fourth-order valence-electron chi connectivity index (χ4n) is 1.16. The zero-order valence-electron chi connectivity index (χ0n) is 10.8. The molecule has 102 valence electrons. The van der Waals surface area contributed by atoms with E-state index in [-0.39, 0.29) is 30.3 Å². The predicted octanol–water partition coefficient (Wildman–Crippen LogP) is 0.424. The molecule has 0 bridgehead atoms. The molecule has 0 aromatic heterocycles. The summed E-state index contributed by atoms with van der Waals surface area (Å²) >= 11 is 0. The molecule has 17 heavy (non-hydrogen) atoms. The average molecular weight is 266 g/mol. The molecule has 5 nitrogen and oxygen atoms in total. The van der Waals surface area contributed by atoms with Crippen LogP contribution in [0, 0.1) is 5.92 Å². The van der Waals surface area contributed by atoms with Crippen LogP contribution in [0.1, 0.15) is 33.6 Å². The molecular formula is C11H24ClN3O2. The Bertz CT molecular complexity index is 235. The van der Waals surface area contributed by atoms with Gasteiger partial charge in [-0.2, -0.15) is 0 Å². The minimum absolute atomic E-state index is 0. The number of carbonyl (C=O) groups excluding carboxylic acids is 2. The maximum Gasteiger partial charge on any atom is 0.222 e. The van der Waals surface area contributed by atoms with Gasteiger partial charge in [-0.25, -0.2) is 0 Å². The third kappa shape index (κ3) is 11.5. The van der Waals surface area contributed by atoms with Gasteiger partial charge in [0.1, 0.15) is 0 Å². The summed E-state index contributed by atoms with van der Waals surface area (Å²) < 4.78 is 0. The zero-order valence-corrected chi connectivity index (χ0v) is 11.6. The van der Waals surface area contributed by atoms with Crippen molar-refractivity contribution >= 4 is 24.2 Å². The van der Waals surface area contributed by atoms with Gasteiger partial charge in [-0.3, -0.25) is 9.59 Å². The number of hydrogen-bond donors (Lipinski definition) is 3. The van der Waals surface area contributed by atoms with Gasteiger partial charge in [0.05, 0.1) is 0 Å². The molecule has 0 aliphatic carbocycles. The molecule has 0 aliphatic heterocycles. The van der Waals surface area contributed by atoms with Gasteiger partial charge in [0.2, 0.25) is 11.8 Å². The topological polar surface area (TPSA) is 84.2 Å². The van der Waals surface area contributed by atoms with Crippen LogP contribution in [0.5, 0.6) is 0 Å². The SMILES string of the molecule is CC(C)CC(=O)NCCC(=O)N[C@@H](C)CN.Cl. The van der Waals surface area contributed by atoms with Crippen LogP contribution in [0.3, 0.4) is 0 Å². The Morgan fingerprint density at radius 3 is 2.24 bits per heavy atom. The molecule has 0 radical (unpaired) electrons. The number of hydrogen-bond acceptors (Lipinski definition) is 3. The minimum Gasteiger partial charge on any atom is -0.356 e. The van der Waals surface area contributed by atoms with Gasteiger partial charge in [0.25, 0.3) is 0 Å². The van der Waals surface area contributed by atoms with Crippen LogP contribution in [-0.4, -0.2) is 30.9 Å². The highest BCUT2D eigenvalue weighted by Crippen LogP contribution is 1.97. The van der Waals surface area contributed by atoms with Crippen LogP contribution in [0.4, 0.5) is 0 Å². The third-order valence-corrected chi connectivity index (χ3v) is 2.03. The summed E-state index contributed by atoms with van der Waals surface area (Å²) in [5, 5.41) is 5.43. The molecule has 0 fully saturated rings. The molecule has 0 aliphatic rings. The maximum atomic E-state index is 11.3. The van der Waals surface area contributed by atoms with Crippen LogP contribution in [0.2, 0.25) is 0 Å². The molecule has 0 unspecified atom stereocenters. The first-order chi connectivity index (χ1) is 7.45. The number of rotatable bonds is 7. The number of carbonyl (C=O) groups is 2. The van der Waals surface area contributed by atoms with Crippen molar-refractivity contribution in [2.24, 2.45) is 11.7 Å². The monoisotopic (exact) mass is 265 g/mol. The van der Waals surface area contributed by atoms with Crippen molar-refractivity contribution in [3.05, 3.63) is 0 Å². The number of nitrogens with one attached hydrogen (secondary N) is 2. The quantitative estimate of drug-likeness (QED) is 0.624. The van der Waals surface area contributed by atoms with Gasteiger partial charge in [0.15, 0.2) is 0 Å². The summed E-state index contributed by atoms with van der Waals surface area (Å²) in [6.07, 6.45) is 0.801. The Morgan fingerprint density at radius 1 is 1.18 bits per heavy atom. The van der Waals surface area contributed by atoms with Crippen molar-refractivity contribution in [3.8, 4) is 0 Å². The first-order valence-electron chi connectivity index (χ1n) is 5.71. The van der Waals surface area contributed by atoms with E-state index in [1.54, 1.807) is 0 Å². The van der Waals surface area contributed by atoms with Gasteiger partial charge in [-0.15, -0.1) is 12.4 Å². The summed E-state index contributed by atoms with van der Waals surface area (Å²) in [5.74, 6) is 0.253. The van der Waals surface area contributed by atoms with Gasteiger partial charge in [0, 0.05) is 32.0 Å². The van der Waals surface area contributed by atoms with E-state index in [9.17, 15) is 9.59 Å². The van der Waals surface area contributed by atoms with E-state index >= 15 is 0 Å². The van der Waals surface area contributed by atoms with Crippen LogP contribution in [-0.2, 0) is 9.59 Å². The van der Waals surface area contributed by atoms with Crippen molar-refractivity contribution in [2.75, 3.05) is 13.1 Å². The van der Waals surface area contributed by atoms with E-state index in [0.29, 0.717) is 31.8 Å². The fourth-order valence-corrected chi connectivity index (χ4v) is 1.16. The van der Waals surface area contributed by atoms with E-state index in [4.69, 9.17) is 5.73 Å². The Labute approximate surface area is 109 Å². The first kappa shape index (κ1) is 18.6. The van der Waals surface area contributed by atoms with Crippen LogP contribution < -0.4 is 16.4 Å². The maximum absolute atomic E-state index is 11.3.